The largest absolute Gasteiger partial charge is 0.346 e. The quantitative estimate of drug-likeness (QED) is 0.842. The van der Waals surface area contributed by atoms with Crippen molar-refractivity contribution in [3.63, 3.8) is 0 Å². The van der Waals surface area contributed by atoms with Gasteiger partial charge in [-0.3, -0.25) is 4.79 Å². The zero-order valence-electron chi connectivity index (χ0n) is 13.0. The summed E-state index contributed by atoms with van der Waals surface area (Å²) >= 11 is 11.9. The van der Waals surface area contributed by atoms with Gasteiger partial charge in [-0.15, -0.1) is 0 Å². The number of rotatable bonds is 4. The molecule has 3 N–H and O–H groups in total. The smallest absolute Gasteiger partial charge is 0.252 e. The molecule has 0 aliphatic heterocycles. The molecular formula is C16H16Cl2N2O3S. The van der Waals surface area contributed by atoms with Crippen molar-refractivity contribution in [2.45, 2.75) is 24.8 Å². The Morgan fingerprint density at radius 3 is 2.38 bits per heavy atom. The third-order valence-corrected chi connectivity index (χ3v) is 5.22. The molecule has 0 spiro atoms. The predicted octanol–water partition coefficient (Wildman–Crippen LogP) is 3.44. The third kappa shape index (κ3) is 4.27. The van der Waals surface area contributed by atoms with Crippen molar-refractivity contribution in [3.8, 4) is 0 Å². The normalized spacial score (nSPS) is 12.7. The first-order valence-corrected chi connectivity index (χ1v) is 9.29. The Kier molecular flexibility index (Phi) is 5.55. The highest BCUT2D eigenvalue weighted by Gasteiger charge is 2.17. The topological polar surface area (TPSA) is 89.3 Å². The van der Waals surface area contributed by atoms with Gasteiger partial charge in [0, 0.05) is 5.56 Å². The van der Waals surface area contributed by atoms with Crippen LogP contribution >= 0.6 is 23.2 Å². The summed E-state index contributed by atoms with van der Waals surface area (Å²) in [7, 11) is -3.88. The van der Waals surface area contributed by atoms with E-state index >= 15 is 0 Å². The molecule has 1 atom stereocenters. The van der Waals surface area contributed by atoms with Crippen LogP contribution in [0.25, 0.3) is 0 Å². The molecule has 0 saturated heterocycles. The maximum absolute atomic E-state index is 12.5. The number of nitrogens with two attached hydrogens (primary N) is 1. The summed E-state index contributed by atoms with van der Waals surface area (Å²) in [5, 5.41) is 8.73. The lowest BCUT2D eigenvalue weighted by atomic mass is 10.1. The lowest BCUT2D eigenvalue weighted by Crippen LogP contribution is -2.27. The molecule has 2 aromatic carbocycles. The molecule has 2 rings (SSSR count). The highest BCUT2D eigenvalue weighted by molar-refractivity contribution is 7.89. The third-order valence-electron chi connectivity index (χ3n) is 3.57. The first-order chi connectivity index (χ1) is 11.1. The molecule has 0 fully saturated rings. The number of hydrogen-bond acceptors (Lipinski definition) is 3. The fraction of sp³-hybridized carbons (Fsp3) is 0.188. The Morgan fingerprint density at radius 2 is 1.79 bits per heavy atom. The summed E-state index contributed by atoms with van der Waals surface area (Å²) in [6, 6.07) is 8.90. The number of sulfonamides is 1. The van der Waals surface area contributed by atoms with Crippen molar-refractivity contribution >= 4 is 39.1 Å². The number of halogens is 2. The standard InChI is InChI=1S/C16H16Cl2N2O3S/c1-9-3-5-12(24(19,22)23)8-13(9)16(21)20-10(2)11-4-6-14(17)15(18)7-11/h3-8,10H,1-2H3,(H,20,21)(H2,19,22,23)/t10-/m0/s1. The molecule has 0 aliphatic rings. The molecule has 0 aromatic heterocycles. The fourth-order valence-electron chi connectivity index (χ4n) is 2.16. The summed E-state index contributed by atoms with van der Waals surface area (Å²) in [6.45, 7) is 3.50. The molecule has 8 heteroatoms. The minimum atomic E-state index is -3.88. The second-order valence-corrected chi connectivity index (χ2v) is 7.77. The number of amides is 1. The number of carbonyl (C=O) groups is 1. The van der Waals surface area contributed by atoms with Gasteiger partial charge in [0.15, 0.2) is 0 Å². The maximum Gasteiger partial charge on any atom is 0.252 e. The Bertz CT molecular complexity index is 898. The summed E-state index contributed by atoms with van der Waals surface area (Å²) in [4.78, 5) is 12.4. The number of aryl methyl sites for hydroxylation is 1. The Hall–Kier alpha value is -1.60. The molecule has 0 radical (unpaired) electrons. The highest BCUT2D eigenvalue weighted by Crippen LogP contribution is 2.26. The highest BCUT2D eigenvalue weighted by atomic mass is 35.5. The first-order valence-electron chi connectivity index (χ1n) is 6.99. The number of benzene rings is 2. The van der Waals surface area contributed by atoms with Gasteiger partial charge >= 0.3 is 0 Å². The monoisotopic (exact) mass is 386 g/mol. The maximum atomic E-state index is 12.5. The van der Waals surface area contributed by atoms with Crippen LogP contribution in [-0.4, -0.2) is 14.3 Å². The molecule has 24 heavy (non-hydrogen) atoms. The molecule has 0 saturated carbocycles. The Morgan fingerprint density at radius 1 is 1.12 bits per heavy atom. The number of primary sulfonamides is 1. The van der Waals surface area contributed by atoms with Gasteiger partial charge in [-0.2, -0.15) is 0 Å². The molecule has 128 valence electrons. The van der Waals surface area contributed by atoms with Crippen LogP contribution in [0, 0.1) is 6.92 Å². The summed E-state index contributed by atoms with van der Waals surface area (Å²) in [6.07, 6.45) is 0. The van der Waals surface area contributed by atoms with E-state index in [0.717, 1.165) is 5.56 Å². The van der Waals surface area contributed by atoms with Crippen LogP contribution in [0.2, 0.25) is 10.0 Å². The molecule has 0 unspecified atom stereocenters. The SMILES string of the molecule is Cc1ccc(S(N)(=O)=O)cc1C(=O)N[C@@H](C)c1ccc(Cl)c(Cl)c1. The minimum Gasteiger partial charge on any atom is -0.346 e. The van der Waals surface area contributed by atoms with E-state index in [1.807, 2.05) is 0 Å². The van der Waals surface area contributed by atoms with Crippen LogP contribution in [-0.2, 0) is 10.0 Å². The van der Waals surface area contributed by atoms with Crippen LogP contribution in [0.4, 0.5) is 0 Å². The van der Waals surface area contributed by atoms with Gasteiger partial charge in [-0.1, -0.05) is 35.3 Å². The van der Waals surface area contributed by atoms with Gasteiger partial charge in [0.1, 0.15) is 0 Å². The van der Waals surface area contributed by atoms with Crippen LogP contribution in [0.1, 0.15) is 34.5 Å². The second kappa shape index (κ2) is 7.11. The molecule has 5 nitrogen and oxygen atoms in total. The Labute approximate surface area is 150 Å². The molecule has 0 bridgehead atoms. The van der Waals surface area contributed by atoms with E-state index in [-0.39, 0.29) is 16.5 Å². The summed E-state index contributed by atoms with van der Waals surface area (Å²) in [5.41, 5.74) is 1.66. The van der Waals surface area contributed by atoms with Crippen molar-refractivity contribution in [2.24, 2.45) is 5.14 Å². The van der Waals surface area contributed by atoms with Gasteiger partial charge < -0.3 is 5.32 Å². The first kappa shape index (κ1) is 18.7. The van der Waals surface area contributed by atoms with E-state index in [4.69, 9.17) is 28.3 Å². The summed E-state index contributed by atoms with van der Waals surface area (Å²) < 4.78 is 22.9. The van der Waals surface area contributed by atoms with E-state index in [1.165, 1.54) is 12.1 Å². The van der Waals surface area contributed by atoms with E-state index < -0.39 is 15.9 Å². The summed E-state index contributed by atoms with van der Waals surface area (Å²) in [5.74, 6) is -0.406. The molecular weight excluding hydrogens is 371 g/mol. The average Bonchev–Trinajstić information content (AvgIpc) is 2.49. The lowest BCUT2D eigenvalue weighted by Gasteiger charge is -2.16. The average molecular weight is 387 g/mol. The number of carbonyl (C=O) groups excluding carboxylic acids is 1. The molecule has 2 aromatic rings. The van der Waals surface area contributed by atoms with E-state index in [9.17, 15) is 13.2 Å². The van der Waals surface area contributed by atoms with Gasteiger partial charge in [0.05, 0.1) is 21.0 Å². The van der Waals surface area contributed by atoms with Crippen LogP contribution < -0.4 is 10.5 Å². The van der Waals surface area contributed by atoms with Gasteiger partial charge in [-0.05, 0) is 49.2 Å². The molecule has 1 amide bonds. The van der Waals surface area contributed by atoms with E-state index in [1.54, 1.807) is 38.1 Å². The predicted molar refractivity (Wildman–Crippen MR) is 94.9 cm³/mol. The van der Waals surface area contributed by atoms with Crippen molar-refractivity contribution in [1.29, 1.82) is 0 Å². The van der Waals surface area contributed by atoms with Crippen molar-refractivity contribution in [1.82, 2.24) is 5.32 Å². The Balaban J connectivity index is 2.27. The fourth-order valence-corrected chi connectivity index (χ4v) is 3.01. The molecule has 0 aliphatic carbocycles. The number of nitrogens with one attached hydrogen (secondary N) is 1. The lowest BCUT2D eigenvalue weighted by molar-refractivity contribution is 0.0939. The van der Waals surface area contributed by atoms with Crippen molar-refractivity contribution in [2.75, 3.05) is 0 Å². The van der Waals surface area contributed by atoms with Gasteiger partial charge in [-0.25, -0.2) is 13.6 Å². The van der Waals surface area contributed by atoms with E-state index in [2.05, 4.69) is 5.32 Å². The number of hydrogen-bond donors (Lipinski definition) is 2. The van der Waals surface area contributed by atoms with Crippen molar-refractivity contribution < 1.29 is 13.2 Å². The molecule has 0 heterocycles. The second-order valence-electron chi connectivity index (χ2n) is 5.39. The zero-order chi connectivity index (χ0) is 18.1. The minimum absolute atomic E-state index is 0.111. The van der Waals surface area contributed by atoms with Crippen LogP contribution in [0.5, 0.6) is 0 Å². The van der Waals surface area contributed by atoms with Gasteiger partial charge in [0.25, 0.3) is 5.91 Å². The van der Waals surface area contributed by atoms with Crippen molar-refractivity contribution in [3.05, 3.63) is 63.1 Å². The zero-order valence-corrected chi connectivity index (χ0v) is 15.3. The van der Waals surface area contributed by atoms with Crippen LogP contribution in [0.3, 0.4) is 0 Å². The van der Waals surface area contributed by atoms with E-state index in [0.29, 0.717) is 15.6 Å². The van der Waals surface area contributed by atoms with Crippen LogP contribution in [0.15, 0.2) is 41.3 Å². The van der Waals surface area contributed by atoms with Gasteiger partial charge in [0.2, 0.25) is 10.0 Å².